The van der Waals surface area contributed by atoms with Crippen molar-refractivity contribution in [2.45, 2.75) is 37.8 Å². The summed E-state index contributed by atoms with van der Waals surface area (Å²) < 4.78 is 26.6. The van der Waals surface area contributed by atoms with E-state index in [-0.39, 0.29) is 6.04 Å². The highest BCUT2D eigenvalue weighted by Gasteiger charge is 2.32. The molecule has 0 bridgehead atoms. The number of benzene rings is 1. The Balaban J connectivity index is 1.78. The standard InChI is InChI=1S/C16H22F2N2/c1-20-8-2-3-12(10-19-13-5-6-13)16(20)11-4-7-14(17)15(18)9-11/h4,7,9,12-13,16,19H,2-3,5-6,8,10H2,1H3. The highest BCUT2D eigenvalue weighted by molar-refractivity contribution is 5.23. The maximum Gasteiger partial charge on any atom is 0.159 e. The van der Waals surface area contributed by atoms with Gasteiger partial charge in [0.05, 0.1) is 0 Å². The summed E-state index contributed by atoms with van der Waals surface area (Å²) in [5.74, 6) is -1.03. The van der Waals surface area contributed by atoms with Crippen LogP contribution in [-0.4, -0.2) is 31.1 Å². The lowest BCUT2D eigenvalue weighted by atomic mass is 9.85. The van der Waals surface area contributed by atoms with E-state index < -0.39 is 11.6 Å². The SMILES string of the molecule is CN1CCCC(CNC2CC2)C1c1ccc(F)c(F)c1. The maximum atomic E-state index is 13.5. The third kappa shape index (κ3) is 3.01. The smallest absolute Gasteiger partial charge is 0.159 e. The Morgan fingerprint density at radius 1 is 1.20 bits per heavy atom. The normalized spacial score (nSPS) is 27.8. The van der Waals surface area contributed by atoms with Crippen LogP contribution in [0.3, 0.4) is 0 Å². The first-order valence-corrected chi connectivity index (χ1v) is 7.53. The van der Waals surface area contributed by atoms with Crippen LogP contribution in [-0.2, 0) is 0 Å². The van der Waals surface area contributed by atoms with Gasteiger partial charge in [-0.15, -0.1) is 0 Å². The third-order valence-corrected chi connectivity index (χ3v) is 4.54. The lowest BCUT2D eigenvalue weighted by Crippen LogP contribution is -2.41. The largest absolute Gasteiger partial charge is 0.314 e. The van der Waals surface area contributed by atoms with Crippen LogP contribution < -0.4 is 5.32 Å². The number of nitrogens with one attached hydrogen (secondary N) is 1. The summed E-state index contributed by atoms with van der Waals surface area (Å²) in [6.45, 7) is 1.99. The van der Waals surface area contributed by atoms with Crippen LogP contribution in [0.1, 0.15) is 37.3 Å². The zero-order valence-corrected chi connectivity index (χ0v) is 11.9. The van der Waals surface area contributed by atoms with Gasteiger partial charge in [0.25, 0.3) is 0 Å². The number of likely N-dealkylation sites (tertiary alicyclic amines) is 1. The van der Waals surface area contributed by atoms with Crippen LogP contribution in [0.4, 0.5) is 8.78 Å². The zero-order valence-electron chi connectivity index (χ0n) is 11.9. The van der Waals surface area contributed by atoms with Crippen molar-refractivity contribution in [2.75, 3.05) is 20.1 Å². The van der Waals surface area contributed by atoms with Crippen molar-refractivity contribution in [3.63, 3.8) is 0 Å². The maximum absolute atomic E-state index is 13.5. The number of rotatable bonds is 4. The molecule has 1 saturated heterocycles. The van der Waals surface area contributed by atoms with Gasteiger partial charge in [0, 0.05) is 18.6 Å². The molecule has 1 N–H and O–H groups in total. The van der Waals surface area contributed by atoms with Crippen LogP contribution in [0.25, 0.3) is 0 Å². The van der Waals surface area contributed by atoms with E-state index in [1.54, 1.807) is 6.07 Å². The number of halogens is 2. The van der Waals surface area contributed by atoms with Crippen molar-refractivity contribution in [2.24, 2.45) is 5.92 Å². The molecule has 2 nitrogen and oxygen atoms in total. The van der Waals surface area contributed by atoms with Crippen LogP contribution in [0.2, 0.25) is 0 Å². The molecule has 0 radical (unpaired) electrons. The van der Waals surface area contributed by atoms with Crippen molar-refractivity contribution in [1.29, 1.82) is 0 Å². The van der Waals surface area contributed by atoms with Gasteiger partial charge < -0.3 is 5.32 Å². The topological polar surface area (TPSA) is 15.3 Å². The lowest BCUT2D eigenvalue weighted by molar-refractivity contribution is 0.119. The molecular weight excluding hydrogens is 258 g/mol. The Bertz CT molecular complexity index is 474. The van der Waals surface area contributed by atoms with Gasteiger partial charge in [0.15, 0.2) is 11.6 Å². The molecule has 4 heteroatoms. The van der Waals surface area contributed by atoms with E-state index in [1.807, 2.05) is 0 Å². The van der Waals surface area contributed by atoms with Gasteiger partial charge in [-0.2, -0.15) is 0 Å². The molecule has 1 aliphatic carbocycles. The van der Waals surface area contributed by atoms with E-state index in [9.17, 15) is 8.78 Å². The average molecular weight is 280 g/mol. The monoisotopic (exact) mass is 280 g/mol. The van der Waals surface area contributed by atoms with Gasteiger partial charge in [-0.3, -0.25) is 4.90 Å². The molecule has 2 atom stereocenters. The Labute approximate surface area is 119 Å². The Morgan fingerprint density at radius 3 is 2.70 bits per heavy atom. The van der Waals surface area contributed by atoms with Gasteiger partial charge in [-0.05, 0) is 62.9 Å². The third-order valence-electron chi connectivity index (χ3n) is 4.54. The summed E-state index contributed by atoms with van der Waals surface area (Å²) >= 11 is 0. The van der Waals surface area contributed by atoms with Gasteiger partial charge >= 0.3 is 0 Å². The molecule has 2 aliphatic rings. The van der Waals surface area contributed by atoms with Crippen LogP contribution in [0.15, 0.2) is 18.2 Å². The molecule has 110 valence electrons. The lowest BCUT2D eigenvalue weighted by Gasteiger charge is -2.40. The zero-order chi connectivity index (χ0) is 14.1. The molecule has 0 amide bonds. The van der Waals surface area contributed by atoms with E-state index in [0.29, 0.717) is 12.0 Å². The second-order valence-corrected chi connectivity index (χ2v) is 6.18. The molecule has 2 fully saturated rings. The molecule has 1 aliphatic heterocycles. The fraction of sp³-hybridized carbons (Fsp3) is 0.625. The summed E-state index contributed by atoms with van der Waals surface area (Å²) in [6, 6.07) is 5.22. The molecule has 0 aromatic heterocycles. The van der Waals surface area contributed by atoms with Crippen molar-refractivity contribution in [3.05, 3.63) is 35.4 Å². The molecule has 1 saturated carbocycles. The molecule has 1 aromatic carbocycles. The molecule has 3 rings (SSSR count). The number of nitrogens with zero attached hydrogens (tertiary/aromatic N) is 1. The van der Waals surface area contributed by atoms with Crippen molar-refractivity contribution in [1.82, 2.24) is 10.2 Å². The van der Waals surface area contributed by atoms with Crippen molar-refractivity contribution < 1.29 is 8.78 Å². The predicted molar refractivity (Wildman–Crippen MR) is 75.5 cm³/mol. The second kappa shape index (κ2) is 5.78. The van der Waals surface area contributed by atoms with Gasteiger partial charge in [0.2, 0.25) is 0 Å². The number of hydrogen-bond acceptors (Lipinski definition) is 2. The summed E-state index contributed by atoms with van der Waals surface area (Å²) in [5, 5.41) is 3.58. The summed E-state index contributed by atoms with van der Waals surface area (Å²) in [7, 11) is 2.08. The first kappa shape index (κ1) is 14.0. The van der Waals surface area contributed by atoms with E-state index in [1.165, 1.54) is 31.4 Å². The molecule has 20 heavy (non-hydrogen) atoms. The predicted octanol–water partition coefficient (Wildman–Crippen LogP) is 3.10. The van der Waals surface area contributed by atoms with E-state index in [2.05, 4.69) is 17.3 Å². The van der Waals surface area contributed by atoms with Crippen LogP contribution in [0.5, 0.6) is 0 Å². The van der Waals surface area contributed by atoms with E-state index in [0.717, 1.165) is 25.1 Å². The fourth-order valence-electron chi connectivity index (χ4n) is 3.30. The summed E-state index contributed by atoms with van der Waals surface area (Å²) in [5.41, 5.74) is 0.897. The second-order valence-electron chi connectivity index (χ2n) is 6.18. The Morgan fingerprint density at radius 2 is 2.00 bits per heavy atom. The molecular formula is C16H22F2N2. The Kier molecular flexibility index (Phi) is 4.03. The summed E-state index contributed by atoms with van der Waals surface area (Å²) in [4.78, 5) is 2.27. The van der Waals surface area contributed by atoms with Crippen molar-refractivity contribution >= 4 is 0 Å². The Hall–Kier alpha value is -1.00. The fourth-order valence-corrected chi connectivity index (χ4v) is 3.30. The van der Waals surface area contributed by atoms with Crippen molar-refractivity contribution in [3.8, 4) is 0 Å². The first-order valence-electron chi connectivity index (χ1n) is 7.53. The van der Waals surface area contributed by atoms with Gasteiger partial charge in [-0.25, -0.2) is 8.78 Å². The first-order chi connectivity index (χ1) is 9.65. The van der Waals surface area contributed by atoms with E-state index >= 15 is 0 Å². The minimum absolute atomic E-state index is 0.185. The average Bonchev–Trinajstić information content (AvgIpc) is 3.24. The molecule has 1 heterocycles. The molecule has 1 aromatic rings. The number of piperidine rings is 1. The summed E-state index contributed by atoms with van der Waals surface area (Å²) in [6.07, 6.45) is 4.87. The van der Waals surface area contributed by atoms with Gasteiger partial charge in [0.1, 0.15) is 0 Å². The van der Waals surface area contributed by atoms with Gasteiger partial charge in [-0.1, -0.05) is 6.07 Å². The minimum atomic E-state index is -0.764. The van der Waals surface area contributed by atoms with Crippen LogP contribution in [0, 0.1) is 17.6 Å². The highest BCUT2D eigenvalue weighted by atomic mass is 19.2. The highest BCUT2D eigenvalue weighted by Crippen LogP contribution is 2.35. The molecule has 0 spiro atoms. The number of hydrogen-bond donors (Lipinski definition) is 1. The molecule has 2 unspecified atom stereocenters. The minimum Gasteiger partial charge on any atom is -0.314 e. The van der Waals surface area contributed by atoms with Crippen LogP contribution >= 0.6 is 0 Å². The quantitative estimate of drug-likeness (QED) is 0.911. The van der Waals surface area contributed by atoms with E-state index in [4.69, 9.17) is 0 Å².